The predicted molar refractivity (Wildman–Crippen MR) is 95.9 cm³/mol. The van der Waals surface area contributed by atoms with Crippen LogP contribution in [0.5, 0.6) is 0 Å². The van der Waals surface area contributed by atoms with Gasteiger partial charge in [-0.2, -0.15) is 0 Å². The SMILES string of the molecule is CN(CC(=O)NCCc1ccccc1F)Cc1ccc(Cl)c(Cl)c1. The molecular weight excluding hydrogens is 350 g/mol. The number of rotatable bonds is 7. The van der Waals surface area contributed by atoms with Crippen LogP contribution in [0.2, 0.25) is 10.0 Å². The summed E-state index contributed by atoms with van der Waals surface area (Å²) in [6.07, 6.45) is 0.467. The molecule has 0 bridgehead atoms. The average molecular weight is 369 g/mol. The van der Waals surface area contributed by atoms with Crippen molar-refractivity contribution in [3.63, 3.8) is 0 Å². The summed E-state index contributed by atoms with van der Waals surface area (Å²) < 4.78 is 13.5. The van der Waals surface area contributed by atoms with Crippen molar-refractivity contribution in [1.82, 2.24) is 10.2 Å². The molecule has 2 aromatic rings. The Bertz CT molecular complexity index is 709. The lowest BCUT2D eigenvalue weighted by molar-refractivity contribution is -0.122. The minimum Gasteiger partial charge on any atom is -0.355 e. The fourth-order valence-corrected chi connectivity index (χ4v) is 2.67. The monoisotopic (exact) mass is 368 g/mol. The van der Waals surface area contributed by atoms with Crippen LogP contribution in [0.15, 0.2) is 42.5 Å². The van der Waals surface area contributed by atoms with Gasteiger partial charge in [0.15, 0.2) is 0 Å². The standard InChI is InChI=1S/C18H19Cl2FN2O/c1-23(11-13-6-7-15(19)16(20)10-13)12-18(24)22-9-8-14-4-2-3-5-17(14)21/h2-7,10H,8-9,11-12H2,1H3,(H,22,24). The number of benzene rings is 2. The Hall–Kier alpha value is -1.62. The average Bonchev–Trinajstić information content (AvgIpc) is 2.52. The zero-order valence-corrected chi connectivity index (χ0v) is 14.9. The number of carbonyl (C=O) groups is 1. The quantitative estimate of drug-likeness (QED) is 0.802. The van der Waals surface area contributed by atoms with Gasteiger partial charge < -0.3 is 5.32 Å². The third-order valence-electron chi connectivity index (χ3n) is 3.52. The van der Waals surface area contributed by atoms with E-state index in [1.165, 1.54) is 6.07 Å². The van der Waals surface area contributed by atoms with Crippen LogP contribution in [-0.2, 0) is 17.8 Å². The molecule has 24 heavy (non-hydrogen) atoms. The van der Waals surface area contributed by atoms with Crippen molar-refractivity contribution in [3.8, 4) is 0 Å². The maximum atomic E-state index is 13.5. The van der Waals surface area contributed by atoms with Crippen molar-refractivity contribution in [2.45, 2.75) is 13.0 Å². The number of hydrogen-bond acceptors (Lipinski definition) is 2. The summed E-state index contributed by atoms with van der Waals surface area (Å²) >= 11 is 11.9. The van der Waals surface area contributed by atoms with Crippen molar-refractivity contribution in [2.75, 3.05) is 20.1 Å². The molecule has 0 unspecified atom stereocenters. The highest BCUT2D eigenvalue weighted by Crippen LogP contribution is 2.23. The number of likely N-dealkylation sites (N-methyl/N-ethyl adjacent to an activating group) is 1. The second-order valence-corrected chi connectivity index (χ2v) is 6.43. The van der Waals surface area contributed by atoms with E-state index in [0.717, 1.165) is 5.56 Å². The lowest BCUT2D eigenvalue weighted by atomic mass is 10.1. The highest BCUT2D eigenvalue weighted by Gasteiger charge is 2.08. The molecule has 0 aliphatic heterocycles. The van der Waals surface area contributed by atoms with E-state index in [1.807, 2.05) is 18.0 Å². The molecule has 0 radical (unpaired) electrons. The Morgan fingerprint density at radius 2 is 1.92 bits per heavy atom. The predicted octanol–water partition coefficient (Wildman–Crippen LogP) is 3.92. The van der Waals surface area contributed by atoms with Gasteiger partial charge in [-0.3, -0.25) is 9.69 Å². The third kappa shape index (κ3) is 5.78. The molecule has 1 amide bonds. The van der Waals surface area contributed by atoms with Gasteiger partial charge in [0, 0.05) is 13.1 Å². The Kier molecular flexibility index (Phi) is 7.03. The molecule has 0 spiro atoms. The van der Waals surface area contributed by atoms with Gasteiger partial charge in [0.1, 0.15) is 5.82 Å². The minimum atomic E-state index is -0.247. The van der Waals surface area contributed by atoms with E-state index in [4.69, 9.17) is 23.2 Å². The molecule has 0 heterocycles. The van der Waals surface area contributed by atoms with E-state index in [-0.39, 0.29) is 18.3 Å². The van der Waals surface area contributed by atoms with Crippen LogP contribution in [0, 0.1) is 5.82 Å². The lowest BCUT2D eigenvalue weighted by Crippen LogP contribution is -2.35. The maximum Gasteiger partial charge on any atom is 0.234 e. The lowest BCUT2D eigenvalue weighted by Gasteiger charge is -2.16. The summed E-state index contributed by atoms with van der Waals surface area (Å²) in [6, 6.07) is 12.0. The minimum absolute atomic E-state index is 0.103. The van der Waals surface area contributed by atoms with Crippen LogP contribution in [0.3, 0.4) is 0 Å². The van der Waals surface area contributed by atoms with Crippen molar-refractivity contribution in [3.05, 3.63) is 69.5 Å². The molecule has 0 saturated carbocycles. The van der Waals surface area contributed by atoms with E-state index in [2.05, 4.69) is 5.32 Å². The molecule has 0 aromatic heterocycles. The fraction of sp³-hybridized carbons (Fsp3) is 0.278. The summed E-state index contributed by atoms with van der Waals surface area (Å²) in [5, 5.41) is 3.81. The van der Waals surface area contributed by atoms with Gasteiger partial charge in [-0.05, 0) is 42.8 Å². The van der Waals surface area contributed by atoms with Crippen LogP contribution in [0.25, 0.3) is 0 Å². The van der Waals surface area contributed by atoms with E-state index in [1.54, 1.807) is 30.3 Å². The first-order valence-corrected chi connectivity index (χ1v) is 8.34. The van der Waals surface area contributed by atoms with Gasteiger partial charge in [0.2, 0.25) is 5.91 Å². The van der Waals surface area contributed by atoms with Gasteiger partial charge in [-0.1, -0.05) is 47.5 Å². The van der Waals surface area contributed by atoms with Crippen LogP contribution >= 0.6 is 23.2 Å². The molecule has 0 aliphatic carbocycles. The van der Waals surface area contributed by atoms with Gasteiger partial charge in [0.05, 0.1) is 16.6 Å². The molecule has 2 rings (SSSR count). The fourth-order valence-electron chi connectivity index (χ4n) is 2.34. The molecule has 128 valence electrons. The Morgan fingerprint density at radius 1 is 1.17 bits per heavy atom. The smallest absolute Gasteiger partial charge is 0.234 e. The van der Waals surface area contributed by atoms with Crippen LogP contribution in [0.4, 0.5) is 4.39 Å². The molecule has 0 atom stereocenters. The molecule has 0 saturated heterocycles. The summed E-state index contributed by atoms with van der Waals surface area (Å²) in [6.45, 7) is 1.23. The normalized spacial score (nSPS) is 10.9. The van der Waals surface area contributed by atoms with E-state index in [0.29, 0.717) is 35.1 Å². The Morgan fingerprint density at radius 3 is 2.62 bits per heavy atom. The van der Waals surface area contributed by atoms with Crippen molar-refractivity contribution >= 4 is 29.1 Å². The highest BCUT2D eigenvalue weighted by molar-refractivity contribution is 6.42. The van der Waals surface area contributed by atoms with Gasteiger partial charge in [-0.25, -0.2) is 4.39 Å². The van der Waals surface area contributed by atoms with Gasteiger partial charge >= 0.3 is 0 Å². The largest absolute Gasteiger partial charge is 0.355 e. The molecule has 2 aromatic carbocycles. The van der Waals surface area contributed by atoms with Crippen molar-refractivity contribution in [2.24, 2.45) is 0 Å². The summed E-state index contributed by atoms with van der Waals surface area (Å²) in [5.41, 5.74) is 1.58. The molecule has 3 nitrogen and oxygen atoms in total. The summed E-state index contributed by atoms with van der Waals surface area (Å²) in [4.78, 5) is 13.8. The van der Waals surface area contributed by atoms with Gasteiger partial charge in [0.25, 0.3) is 0 Å². The first-order valence-electron chi connectivity index (χ1n) is 7.58. The molecule has 0 aliphatic rings. The number of halogens is 3. The Balaban J connectivity index is 1.75. The van der Waals surface area contributed by atoms with Crippen molar-refractivity contribution < 1.29 is 9.18 Å². The van der Waals surface area contributed by atoms with E-state index < -0.39 is 0 Å². The number of carbonyl (C=O) groups excluding carboxylic acids is 1. The highest BCUT2D eigenvalue weighted by atomic mass is 35.5. The second kappa shape index (κ2) is 9.02. The third-order valence-corrected chi connectivity index (χ3v) is 4.26. The zero-order chi connectivity index (χ0) is 17.5. The summed E-state index contributed by atoms with van der Waals surface area (Å²) in [5.74, 6) is -0.350. The zero-order valence-electron chi connectivity index (χ0n) is 13.4. The number of nitrogens with one attached hydrogen (secondary N) is 1. The first-order chi connectivity index (χ1) is 11.5. The topological polar surface area (TPSA) is 32.3 Å². The number of hydrogen-bond donors (Lipinski definition) is 1. The maximum absolute atomic E-state index is 13.5. The summed E-state index contributed by atoms with van der Waals surface area (Å²) in [7, 11) is 1.85. The Labute approximate surface area is 151 Å². The van der Waals surface area contributed by atoms with E-state index in [9.17, 15) is 9.18 Å². The number of nitrogens with zero attached hydrogens (tertiary/aromatic N) is 1. The van der Waals surface area contributed by atoms with Gasteiger partial charge in [-0.15, -0.1) is 0 Å². The van der Waals surface area contributed by atoms with Crippen LogP contribution in [-0.4, -0.2) is 30.9 Å². The van der Waals surface area contributed by atoms with Crippen LogP contribution in [0.1, 0.15) is 11.1 Å². The molecular formula is C18H19Cl2FN2O. The molecule has 6 heteroatoms. The second-order valence-electron chi connectivity index (χ2n) is 5.61. The number of amides is 1. The first kappa shape index (κ1) is 18.7. The van der Waals surface area contributed by atoms with Crippen molar-refractivity contribution in [1.29, 1.82) is 0 Å². The molecule has 0 fully saturated rings. The molecule has 1 N–H and O–H groups in total. The van der Waals surface area contributed by atoms with Crippen LogP contribution < -0.4 is 5.32 Å². The van der Waals surface area contributed by atoms with E-state index >= 15 is 0 Å².